The molecule has 344 valence electrons. The minimum atomic E-state index is -4.47. The van der Waals surface area contributed by atoms with Crippen molar-refractivity contribution in [3.05, 3.63) is 101 Å². The van der Waals surface area contributed by atoms with Gasteiger partial charge in [-0.05, 0) is 65.9 Å². The van der Waals surface area contributed by atoms with Crippen molar-refractivity contribution in [3.8, 4) is 16.1 Å². The Morgan fingerprint density at radius 2 is 1.66 bits per heavy atom. The van der Waals surface area contributed by atoms with E-state index in [1.165, 1.54) is 17.0 Å². The van der Waals surface area contributed by atoms with Crippen LogP contribution >= 0.6 is 11.3 Å². The number of nitrogens with one attached hydrogen (secondary N) is 3. The summed E-state index contributed by atoms with van der Waals surface area (Å²) in [4.78, 5) is 60.2. The van der Waals surface area contributed by atoms with Crippen LogP contribution < -0.4 is 16.0 Å². The molecule has 6 aromatic rings. The number of aromatic nitrogens is 4. The monoisotopic (exact) mass is 916 g/mol. The lowest BCUT2D eigenvalue weighted by atomic mass is 9.85. The van der Waals surface area contributed by atoms with Crippen molar-refractivity contribution in [1.29, 1.82) is 0 Å². The molecular weight excluding hydrogens is 866 g/mol. The van der Waals surface area contributed by atoms with Crippen molar-refractivity contribution < 1.29 is 46.9 Å². The van der Waals surface area contributed by atoms with Crippen molar-refractivity contribution in [2.24, 2.45) is 12.5 Å². The van der Waals surface area contributed by atoms with Gasteiger partial charge < -0.3 is 35.4 Å². The Labute approximate surface area is 376 Å². The molecule has 1 aliphatic rings. The lowest BCUT2D eigenvalue weighted by Crippen LogP contribution is -2.58. The van der Waals surface area contributed by atoms with Gasteiger partial charge in [-0.2, -0.15) is 18.3 Å². The summed E-state index contributed by atoms with van der Waals surface area (Å²) in [6.45, 7) is 7.65. The first-order valence-electron chi connectivity index (χ1n) is 21.0. The Morgan fingerprint density at radius 3 is 2.34 bits per heavy atom. The van der Waals surface area contributed by atoms with Crippen LogP contribution in [0.15, 0.2) is 78.4 Å². The van der Waals surface area contributed by atoms with Gasteiger partial charge in [-0.1, -0.05) is 45.0 Å². The molecule has 19 heteroatoms. The van der Waals surface area contributed by atoms with Gasteiger partial charge in [0.2, 0.25) is 17.7 Å². The number of carbonyl (C=O) groups is 4. The number of hydrogen-bond donors (Lipinski definition) is 4. The van der Waals surface area contributed by atoms with Gasteiger partial charge in [-0.25, -0.2) is 4.98 Å². The molecule has 0 spiro atoms. The molecule has 0 bridgehead atoms. The van der Waals surface area contributed by atoms with Gasteiger partial charge in [-0.3, -0.25) is 28.4 Å². The quantitative estimate of drug-likeness (QED) is 0.0907. The zero-order chi connectivity index (χ0) is 46.6. The molecular formula is C46H51F3N8O7S. The molecule has 4 N–H and O–H groups in total. The molecule has 1 unspecified atom stereocenters. The van der Waals surface area contributed by atoms with E-state index in [0.717, 1.165) is 39.2 Å². The van der Waals surface area contributed by atoms with E-state index in [-0.39, 0.29) is 58.4 Å². The molecule has 1 fully saturated rings. The number of aliphatic hydroxyl groups excluding tert-OH is 1. The number of thiazole rings is 1. The van der Waals surface area contributed by atoms with Gasteiger partial charge >= 0.3 is 6.18 Å². The fraction of sp³-hybridized carbons (Fsp3) is 0.391. The molecule has 0 radical (unpaired) electrons. The summed E-state index contributed by atoms with van der Waals surface area (Å²) in [5, 5.41) is 25.0. The molecule has 0 aliphatic carbocycles. The van der Waals surface area contributed by atoms with E-state index in [9.17, 15) is 37.5 Å². The number of aryl methyl sites for hydroxylation is 2. The lowest BCUT2D eigenvalue weighted by Gasteiger charge is -2.35. The Kier molecular flexibility index (Phi) is 14.1. The number of fused-ring (bicyclic) bond motifs is 3. The van der Waals surface area contributed by atoms with Crippen molar-refractivity contribution in [2.45, 2.75) is 65.0 Å². The number of β-amino-alcohol motifs (C(OH)–C–C–N with tert-alkyl or cyclic N) is 1. The summed E-state index contributed by atoms with van der Waals surface area (Å²) >= 11 is 1.56. The minimum absolute atomic E-state index is 0.0521. The van der Waals surface area contributed by atoms with Gasteiger partial charge in [0.1, 0.15) is 18.7 Å². The highest BCUT2D eigenvalue weighted by atomic mass is 32.1. The van der Waals surface area contributed by atoms with Gasteiger partial charge in [0.05, 0.1) is 53.1 Å². The van der Waals surface area contributed by atoms with Crippen LogP contribution in [0.4, 0.5) is 13.2 Å². The summed E-state index contributed by atoms with van der Waals surface area (Å²) in [6.07, 6.45) is -3.52. The molecule has 1 aliphatic heterocycles. The van der Waals surface area contributed by atoms with E-state index >= 15 is 0 Å². The maximum absolute atomic E-state index is 13.9. The number of alkyl halides is 3. The highest BCUT2D eigenvalue weighted by Crippen LogP contribution is 2.35. The van der Waals surface area contributed by atoms with E-state index in [1.807, 2.05) is 31.2 Å². The first-order valence-corrected chi connectivity index (χ1v) is 21.9. The smallest absolute Gasteiger partial charge is 0.391 e. The SMILES string of the molecule is Cc1ncsc1-c1ccc(CNC(=O)[C@@H]2C[C@@H](O)CN2C(=O)C(NC(=O)COCCOCCNC(=O)c2ccc3c(c2)c2cn(C)nc2n3-c2ccc(C(F)(F)F)cc2)C(C)(C)C)cc1. The maximum Gasteiger partial charge on any atom is 0.416 e. The van der Waals surface area contributed by atoms with Crippen LogP contribution in [-0.2, 0) is 43.6 Å². The first kappa shape index (κ1) is 46.8. The van der Waals surface area contributed by atoms with Crippen LogP contribution in [-0.4, -0.2) is 111 Å². The van der Waals surface area contributed by atoms with E-state index in [0.29, 0.717) is 27.8 Å². The van der Waals surface area contributed by atoms with Gasteiger partial charge in [0, 0.05) is 61.3 Å². The number of hydrogen-bond acceptors (Lipinski definition) is 10. The third-order valence-electron chi connectivity index (χ3n) is 11.1. The molecule has 3 atom stereocenters. The van der Waals surface area contributed by atoms with E-state index in [4.69, 9.17) is 9.47 Å². The van der Waals surface area contributed by atoms with E-state index in [2.05, 4.69) is 26.0 Å². The average Bonchev–Trinajstić information content (AvgIpc) is 4.04. The van der Waals surface area contributed by atoms with Crippen molar-refractivity contribution in [1.82, 2.24) is 40.2 Å². The summed E-state index contributed by atoms with van der Waals surface area (Å²) in [5.41, 5.74) is 5.21. The maximum atomic E-state index is 13.9. The van der Waals surface area contributed by atoms with Crippen LogP contribution in [0.2, 0.25) is 0 Å². The lowest BCUT2D eigenvalue weighted by molar-refractivity contribution is -0.144. The topological polar surface area (TPSA) is 182 Å². The van der Waals surface area contributed by atoms with Crippen LogP contribution in [0, 0.1) is 12.3 Å². The molecule has 4 amide bonds. The van der Waals surface area contributed by atoms with Crippen LogP contribution in [0.1, 0.15) is 54.4 Å². The van der Waals surface area contributed by atoms with Crippen molar-refractivity contribution in [3.63, 3.8) is 0 Å². The summed E-state index contributed by atoms with van der Waals surface area (Å²) in [5.74, 6) is -1.79. The Balaban J connectivity index is 0.847. The zero-order valence-electron chi connectivity index (χ0n) is 36.6. The number of nitrogens with zero attached hydrogens (tertiary/aromatic N) is 5. The molecule has 7 rings (SSSR count). The number of amides is 4. The van der Waals surface area contributed by atoms with Gasteiger partial charge in [-0.15, -0.1) is 11.3 Å². The van der Waals surface area contributed by atoms with Crippen LogP contribution in [0.25, 0.3) is 38.1 Å². The largest absolute Gasteiger partial charge is 0.416 e. The standard InChI is InChI=1S/C46H51F3N8O7S/c1-27-39(65-26-52-27)29-8-6-28(7-9-29)22-51-43(61)37-21-33(58)23-56(37)44(62)40(45(2,3)4)53-38(59)25-64-19-18-63-17-16-50-42(60)30-10-15-36-34(20-30)35-24-55(5)54-41(35)57(36)32-13-11-31(12-14-32)46(47,48)49/h6-15,20,24,26,33,37,40,58H,16-19,21-23,25H2,1-5H3,(H,50,60)(H,51,61)(H,53,59)/t33-,37+,40?/m1/s1. The number of likely N-dealkylation sites (tertiary alicyclic amines) is 1. The van der Waals surface area contributed by atoms with Crippen molar-refractivity contribution >= 4 is 56.9 Å². The Morgan fingerprint density at radius 1 is 0.938 bits per heavy atom. The number of rotatable bonds is 16. The highest BCUT2D eigenvalue weighted by Gasteiger charge is 2.44. The molecule has 0 saturated carbocycles. The highest BCUT2D eigenvalue weighted by molar-refractivity contribution is 7.13. The van der Waals surface area contributed by atoms with Gasteiger partial charge in [0.25, 0.3) is 5.91 Å². The number of carbonyl (C=O) groups excluding carboxylic acids is 4. The fourth-order valence-corrected chi connectivity index (χ4v) is 8.61. The predicted molar refractivity (Wildman–Crippen MR) is 238 cm³/mol. The second-order valence-electron chi connectivity index (χ2n) is 17.0. The summed E-state index contributed by atoms with van der Waals surface area (Å²) in [6, 6.07) is 15.7. The number of benzene rings is 3. The zero-order valence-corrected chi connectivity index (χ0v) is 37.4. The third kappa shape index (κ3) is 10.9. The van der Waals surface area contributed by atoms with Crippen molar-refractivity contribution in [2.75, 3.05) is 39.5 Å². The summed E-state index contributed by atoms with van der Waals surface area (Å²) < 4.78 is 54.1. The number of aliphatic hydroxyl groups is 1. The van der Waals surface area contributed by atoms with E-state index < -0.39 is 53.1 Å². The Bertz CT molecular complexity index is 2670. The second kappa shape index (κ2) is 19.5. The molecule has 3 aromatic carbocycles. The second-order valence-corrected chi connectivity index (χ2v) is 17.9. The summed E-state index contributed by atoms with van der Waals surface area (Å²) in [7, 11) is 1.74. The Hall–Kier alpha value is -6.15. The molecule has 3 aromatic heterocycles. The average molecular weight is 917 g/mol. The van der Waals surface area contributed by atoms with E-state index in [1.54, 1.807) is 78.3 Å². The number of halogens is 3. The fourth-order valence-electron chi connectivity index (χ4n) is 7.80. The van der Waals surface area contributed by atoms with Gasteiger partial charge in [0.15, 0.2) is 5.65 Å². The predicted octanol–water partition coefficient (Wildman–Crippen LogP) is 5.54. The normalized spacial score (nSPS) is 16.0. The minimum Gasteiger partial charge on any atom is -0.391 e. The van der Waals surface area contributed by atoms with Crippen LogP contribution in [0.3, 0.4) is 0 Å². The first-order chi connectivity index (χ1) is 30.9. The molecule has 1 saturated heterocycles. The van der Waals surface area contributed by atoms with Crippen LogP contribution in [0.5, 0.6) is 0 Å². The molecule has 4 heterocycles. The molecule has 15 nitrogen and oxygen atoms in total. The number of ether oxygens (including phenoxy) is 2. The molecule has 65 heavy (non-hydrogen) atoms. The third-order valence-corrected chi connectivity index (χ3v) is 12.1.